The lowest BCUT2D eigenvalue weighted by Gasteiger charge is -2.11. The molecule has 4 nitrogen and oxygen atoms in total. The van der Waals surface area contributed by atoms with E-state index in [1.165, 1.54) is 6.92 Å². The van der Waals surface area contributed by atoms with Crippen molar-refractivity contribution in [2.45, 2.75) is 20.0 Å². The van der Waals surface area contributed by atoms with Gasteiger partial charge in [-0.05, 0) is 26.0 Å². The van der Waals surface area contributed by atoms with Crippen LogP contribution in [0.5, 0.6) is 0 Å². The van der Waals surface area contributed by atoms with Crippen LogP contribution in [0.1, 0.15) is 24.2 Å². The summed E-state index contributed by atoms with van der Waals surface area (Å²) in [5, 5.41) is 0. The molecule has 16 heavy (non-hydrogen) atoms. The lowest BCUT2D eigenvalue weighted by molar-refractivity contribution is -0.152. The van der Waals surface area contributed by atoms with Gasteiger partial charge in [-0.3, -0.25) is 0 Å². The fraction of sp³-hybridized carbons (Fsp3) is 0.333. The van der Waals surface area contributed by atoms with Gasteiger partial charge in [-0.25, -0.2) is 9.59 Å². The molecule has 0 spiro atoms. The van der Waals surface area contributed by atoms with Crippen molar-refractivity contribution in [2.24, 2.45) is 0 Å². The molecule has 0 aliphatic heterocycles. The molecule has 0 bridgehead atoms. The van der Waals surface area contributed by atoms with Gasteiger partial charge in [-0.2, -0.15) is 0 Å². The molecule has 1 aromatic rings. The van der Waals surface area contributed by atoms with Crippen LogP contribution < -0.4 is 0 Å². The number of benzene rings is 1. The topological polar surface area (TPSA) is 52.6 Å². The van der Waals surface area contributed by atoms with Crippen LogP contribution in [0, 0.1) is 0 Å². The molecule has 0 saturated heterocycles. The summed E-state index contributed by atoms with van der Waals surface area (Å²) in [6.45, 7) is 3.45. The van der Waals surface area contributed by atoms with Gasteiger partial charge in [0.1, 0.15) is 0 Å². The molecule has 1 aromatic carbocycles. The molecule has 86 valence electrons. The van der Waals surface area contributed by atoms with Crippen molar-refractivity contribution in [1.29, 1.82) is 0 Å². The van der Waals surface area contributed by atoms with E-state index >= 15 is 0 Å². The molecule has 0 saturated carbocycles. The number of ether oxygens (including phenoxy) is 2. The number of hydrogen-bond acceptors (Lipinski definition) is 4. The van der Waals surface area contributed by atoms with Gasteiger partial charge in [0.05, 0.1) is 12.2 Å². The first-order valence-corrected chi connectivity index (χ1v) is 5.07. The van der Waals surface area contributed by atoms with E-state index in [-0.39, 0.29) is 6.61 Å². The van der Waals surface area contributed by atoms with E-state index in [0.29, 0.717) is 5.56 Å². The van der Waals surface area contributed by atoms with Gasteiger partial charge >= 0.3 is 11.9 Å². The molecule has 0 amide bonds. The van der Waals surface area contributed by atoms with E-state index in [9.17, 15) is 9.59 Å². The average molecular weight is 222 g/mol. The zero-order chi connectivity index (χ0) is 12.0. The number of hydrogen-bond donors (Lipinski definition) is 0. The summed E-state index contributed by atoms with van der Waals surface area (Å²) < 4.78 is 9.66. The van der Waals surface area contributed by atoms with E-state index in [4.69, 9.17) is 9.47 Å². The van der Waals surface area contributed by atoms with E-state index in [0.717, 1.165) is 0 Å². The highest BCUT2D eigenvalue weighted by atomic mass is 16.6. The van der Waals surface area contributed by atoms with Crippen LogP contribution in [0.3, 0.4) is 0 Å². The second kappa shape index (κ2) is 5.90. The molecule has 0 aromatic heterocycles. The van der Waals surface area contributed by atoms with E-state index in [2.05, 4.69) is 0 Å². The van der Waals surface area contributed by atoms with Crippen molar-refractivity contribution in [3.8, 4) is 0 Å². The molecule has 0 N–H and O–H groups in total. The van der Waals surface area contributed by atoms with Crippen LogP contribution in [0.2, 0.25) is 0 Å². The van der Waals surface area contributed by atoms with Gasteiger partial charge in [-0.15, -0.1) is 0 Å². The van der Waals surface area contributed by atoms with Gasteiger partial charge < -0.3 is 9.47 Å². The molecule has 0 unspecified atom stereocenters. The smallest absolute Gasteiger partial charge is 0.347 e. The number of esters is 2. The molecule has 0 heterocycles. The number of carbonyl (C=O) groups is 2. The SMILES string of the molecule is CCOC(=O)[C@@H](C)OC(=O)c1ccccc1. The van der Waals surface area contributed by atoms with E-state index in [1.54, 1.807) is 37.3 Å². The Labute approximate surface area is 94.2 Å². The first-order valence-electron chi connectivity index (χ1n) is 5.07. The molecule has 4 heteroatoms. The Morgan fingerprint density at radius 3 is 2.44 bits per heavy atom. The second-order valence-corrected chi connectivity index (χ2v) is 3.17. The van der Waals surface area contributed by atoms with Gasteiger partial charge in [0.25, 0.3) is 0 Å². The Hall–Kier alpha value is -1.84. The highest BCUT2D eigenvalue weighted by Gasteiger charge is 2.19. The van der Waals surface area contributed by atoms with Crippen molar-refractivity contribution in [3.05, 3.63) is 35.9 Å². The Balaban J connectivity index is 2.55. The average Bonchev–Trinajstić information content (AvgIpc) is 2.30. The minimum absolute atomic E-state index is 0.270. The van der Waals surface area contributed by atoms with Crippen molar-refractivity contribution in [3.63, 3.8) is 0 Å². The van der Waals surface area contributed by atoms with Gasteiger partial charge in [0, 0.05) is 0 Å². The maximum absolute atomic E-state index is 11.5. The normalized spacial score (nSPS) is 11.6. The van der Waals surface area contributed by atoms with Crippen molar-refractivity contribution < 1.29 is 19.1 Å². The summed E-state index contributed by atoms with van der Waals surface area (Å²) >= 11 is 0. The fourth-order valence-corrected chi connectivity index (χ4v) is 1.11. The minimum Gasteiger partial charge on any atom is -0.463 e. The Morgan fingerprint density at radius 2 is 1.88 bits per heavy atom. The van der Waals surface area contributed by atoms with E-state index < -0.39 is 18.0 Å². The molecule has 0 radical (unpaired) electrons. The van der Waals surface area contributed by atoms with Crippen molar-refractivity contribution in [1.82, 2.24) is 0 Å². The predicted molar refractivity (Wildman–Crippen MR) is 58.0 cm³/mol. The molecule has 0 fully saturated rings. The molecule has 1 atom stereocenters. The zero-order valence-corrected chi connectivity index (χ0v) is 9.30. The summed E-state index contributed by atoms with van der Waals surface area (Å²) in [5.74, 6) is -1.06. The van der Waals surface area contributed by atoms with Crippen molar-refractivity contribution >= 4 is 11.9 Å². The van der Waals surface area contributed by atoms with Crippen LogP contribution in [0.15, 0.2) is 30.3 Å². The lowest BCUT2D eigenvalue weighted by atomic mass is 10.2. The monoisotopic (exact) mass is 222 g/mol. The standard InChI is InChI=1S/C12H14O4/c1-3-15-11(13)9(2)16-12(14)10-7-5-4-6-8-10/h4-9H,3H2,1-2H3/t9-/m1/s1. The Morgan fingerprint density at radius 1 is 1.25 bits per heavy atom. The summed E-state index contributed by atoms with van der Waals surface area (Å²) in [4.78, 5) is 22.7. The minimum atomic E-state index is -0.882. The van der Waals surface area contributed by atoms with Gasteiger partial charge in [-0.1, -0.05) is 18.2 Å². The largest absolute Gasteiger partial charge is 0.463 e. The molecule has 0 aliphatic rings. The summed E-state index contributed by atoms with van der Waals surface area (Å²) in [5.41, 5.74) is 0.415. The quantitative estimate of drug-likeness (QED) is 0.729. The third kappa shape index (κ3) is 3.38. The maximum Gasteiger partial charge on any atom is 0.347 e. The maximum atomic E-state index is 11.5. The first kappa shape index (κ1) is 12.2. The number of rotatable bonds is 4. The third-order valence-corrected chi connectivity index (χ3v) is 1.91. The fourth-order valence-electron chi connectivity index (χ4n) is 1.11. The molecular formula is C12H14O4. The summed E-state index contributed by atoms with van der Waals surface area (Å²) in [6, 6.07) is 8.50. The van der Waals surface area contributed by atoms with Crippen LogP contribution in [0.4, 0.5) is 0 Å². The van der Waals surface area contributed by atoms with Crippen molar-refractivity contribution in [2.75, 3.05) is 6.61 Å². The number of carbonyl (C=O) groups excluding carboxylic acids is 2. The van der Waals surface area contributed by atoms with E-state index in [1.807, 2.05) is 0 Å². The second-order valence-electron chi connectivity index (χ2n) is 3.17. The zero-order valence-electron chi connectivity index (χ0n) is 9.30. The van der Waals surface area contributed by atoms with Crippen LogP contribution in [0.25, 0.3) is 0 Å². The molecule has 0 aliphatic carbocycles. The highest BCUT2D eigenvalue weighted by molar-refractivity contribution is 5.91. The predicted octanol–water partition coefficient (Wildman–Crippen LogP) is 1.79. The van der Waals surface area contributed by atoms with Gasteiger partial charge in [0.15, 0.2) is 6.10 Å². The first-order chi connectivity index (χ1) is 7.65. The Kier molecular flexibility index (Phi) is 4.51. The molecule has 1 rings (SSSR count). The lowest BCUT2D eigenvalue weighted by Crippen LogP contribution is -2.26. The highest BCUT2D eigenvalue weighted by Crippen LogP contribution is 2.04. The van der Waals surface area contributed by atoms with Gasteiger partial charge in [0.2, 0.25) is 0 Å². The molecular weight excluding hydrogens is 208 g/mol. The van der Waals surface area contributed by atoms with Crippen LogP contribution in [-0.4, -0.2) is 24.6 Å². The third-order valence-electron chi connectivity index (χ3n) is 1.91. The van der Waals surface area contributed by atoms with Crippen LogP contribution >= 0.6 is 0 Å². The van der Waals surface area contributed by atoms with Crippen LogP contribution in [-0.2, 0) is 14.3 Å². The summed E-state index contributed by atoms with van der Waals surface area (Å²) in [7, 11) is 0. The summed E-state index contributed by atoms with van der Waals surface area (Å²) in [6.07, 6.45) is -0.882. The Bertz CT molecular complexity index is 359.